The fourth-order valence-electron chi connectivity index (χ4n) is 3.42. The number of aryl methyl sites for hydroxylation is 1. The summed E-state index contributed by atoms with van der Waals surface area (Å²) in [7, 11) is 0. The number of carbonyl (C=O) groups is 3. The van der Waals surface area contributed by atoms with Crippen LogP contribution in [0.4, 0.5) is 0 Å². The number of carboxylic acid groups (broad SMARTS) is 1. The van der Waals surface area contributed by atoms with E-state index in [0.717, 1.165) is 19.3 Å². The van der Waals surface area contributed by atoms with Crippen molar-refractivity contribution in [2.24, 2.45) is 0 Å². The number of carbonyl (C=O) groups excluding carboxylic acids is 2. The number of carboxylic acids is 1. The van der Waals surface area contributed by atoms with Gasteiger partial charge in [-0.05, 0) is 30.5 Å². The van der Waals surface area contributed by atoms with Gasteiger partial charge >= 0.3 is 17.9 Å². The maximum Gasteiger partial charge on any atom is 0.347 e. The van der Waals surface area contributed by atoms with Crippen LogP contribution in [0.3, 0.4) is 0 Å². The molecule has 0 radical (unpaired) electrons. The van der Waals surface area contributed by atoms with Gasteiger partial charge in [-0.15, -0.1) is 0 Å². The Labute approximate surface area is 154 Å². The van der Waals surface area contributed by atoms with Gasteiger partial charge in [0.2, 0.25) is 0 Å². The van der Waals surface area contributed by atoms with Crippen LogP contribution in [0.15, 0.2) is 12.1 Å². The molecule has 5 heteroatoms. The average Bonchev–Trinajstić information content (AvgIpc) is 2.90. The maximum absolute atomic E-state index is 11.9. The fraction of sp³-hybridized carbons (Fsp3) is 0.571. The fourth-order valence-corrected chi connectivity index (χ4v) is 3.42. The minimum atomic E-state index is -1.11. The number of hydrogen-bond donors (Lipinski definition) is 1. The van der Waals surface area contributed by atoms with Crippen molar-refractivity contribution in [1.82, 2.24) is 0 Å². The summed E-state index contributed by atoms with van der Waals surface area (Å²) in [4.78, 5) is 34.8. The Kier molecular flexibility index (Phi) is 7.82. The summed E-state index contributed by atoms with van der Waals surface area (Å²) in [6.45, 7) is 2.22. The van der Waals surface area contributed by atoms with Crippen LogP contribution in [-0.4, -0.2) is 23.0 Å². The van der Waals surface area contributed by atoms with Crippen LogP contribution in [0.25, 0.3) is 0 Å². The molecule has 5 nitrogen and oxygen atoms in total. The van der Waals surface area contributed by atoms with Gasteiger partial charge in [-0.3, -0.25) is 0 Å². The standard InChI is InChI=1S/C21H28O5/c1-2-3-4-5-6-7-8-9-10-11-12-15-13-16(19(22)23)14-17-18(15)21(25)26-20(17)24/h13-14H,2-12H2,1H3,(H,22,23). The van der Waals surface area contributed by atoms with Crippen LogP contribution in [-0.2, 0) is 11.2 Å². The Morgan fingerprint density at radius 1 is 0.885 bits per heavy atom. The molecule has 1 aromatic carbocycles. The number of cyclic esters (lactones) is 2. The summed E-state index contributed by atoms with van der Waals surface area (Å²) in [6.07, 6.45) is 12.6. The van der Waals surface area contributed by atoms with Gasteiger partial charge in [-0.1, -0.05) is 64.7 Å². The van der Waals surface area contributed by atoms with Gasteiger partial charge in [0.05, 0.1) is 16.7 Å². The second-order valence-electron chi connectivity index (χ2n) is 6.97. The first-order chi connectivity index (χ1) is 12.5. The lowest BCUT2D eigenvalue weighted by Gasteiger charge is -2.07. The van der Waals surface area contributed by atoms with Gasteiger partial charge in [-0.25, -0.2) is 14.4 Å². The summed E-state index contributed by atoms with van der Waals surface area (Å²) in [5, 5.41) is 9.20. The molecule has 1 aliphatic rings. The Balaban J connectivity index is 1.81. The molecule has 0 fully saturated rings. The van der Waals surface area contributed by atoms with E-state index in [-0.39, 0.29) is 16.7 Å². The zero-order valence-corrected chi connectivity index (χ0v) is 15.5. The number of hydrogen-bond acceptors (Lipinski definition) is 4. The van der Waals surface area contributed by atoms with Crippen LogP contribution in [0, 0.1) is 0 Å². The molecule has 0 atom stereocenters. The summed E-state index contributed by atoms with van der Waals surface area (Å²) in [5.41, 5.74) is 0.959. The first-order valence-corrected chi connectivity index (χ1v) is 9.71. The summed E-state index contributed by atoms with van der Waals surface area (Å²) < 4.78 is 4.64. The van der Waals surface area contributed by atoms with E-state index in [0.29, 0.717) is 12.0 Å². The van der Waals surface area contributed by atoms with Crippen molar-refractivity contribution >= 4 is 17.9 Å². The average molecular weight is 360 g/mol. The Morgan fingerprint density at radius 2 is 1.46 bits per heavy atom. The largest absolute Gasteiger partial charge is 0.478 e. The second-order valence-corrected chi connectivity index (χ2v) is 6.97. The Bertz CT molecular complexity index is 663. The van der Waals surface area contributed by atoms with Gasteiger partial charge in [0, 0.05) is 0 Å². The molecule has 1 N–H and O–H groups in total. The van der Waals surface area contributed by atoms with Crippen LogP contribution in [0.5, 0.6) is 0 Å². The molecule has 0 bridgehead atoms. The van der Waals surface area contributed by atoms with Crippen LogP contribution >= 0.6 is 0 Å². The van der Waals surface area contributed by atoms with Crippen molar-refractivity contribution in [3.05, 3.63) is 34.4 Å². The third-order valence-electron chi connectivity index (χ3n) is 4.88. The van der Waals surface area contributed by atoms with Crippen molar-refractivity contribution in [2.75, 3.05) is 0 Å². The van der Waals surface area contributed by atoms with E-state index in [1.165, 1.54) is 57.1 Å². The molecule has 0 aliphatic carbocycles. The monoisotopic (exact) mass is 360 g/mol. The van der Waals surface area contributed by atoms with E-state index >= 15 is 0 Å². The van der Waals surface area contributed by atoms with Gasteiger partial charge in [0.15, 0.2) is 0 Å². The highest BCUT2D eigenvalue weighted by Gasteiger charge is 2.33. The lowest BCUT2D eigenvalue weighted by atomic mass is 9.94. The van der Waals surface area contributed by atoms with Crippen LogP contribution in [0.1, 0.15) is 108 Å². The summed E-state index contributed by atoms with van der Waals surface area (Å²) in [6, 6.07) is 2.72. The predicted molar refractivity (Wildman–Crippen MR) is 98.7 cm³/mol. The molecular formula is C21H28O5. The maximum atomic E-state index is 11.9. The number of fused-ring (bicyclic) bond motifs is 1. The van der Waals surface area contributed by atoms with Crippen LogP contribution in [0.2, 0.25) is 0 Å². The molecule has 1 aromatic rings. The summed E-state index contributed by atoms with van der Waals surface area (Å²) >= 11 is 0. The van der Waals surface area contributed by atoms with Crippen molar-refractivity contribution in [1.29, 1.82) is 0 Å². The summed E-state index contributed by atoms with van der Waals surface area (Å²) in [5.74, 6) is -2.52. The lowest BCUT2D eigenvalue weighted by Crippen LogP contribution is -2.05. The number of esters is 2. The normalized spacial score (nSPS) is 13.0. The van der Waals surface area contributed by atoms with E-state index in [4.69, 9.17) is 0 Å². The lowest BCUT2D eigenvalue weighted by molar-refractivity contribution is 0.0443. The van der Waals surface area contributed by atoms with Crippen molar-refractivity contribution in [3.8, 4) is 0 Å². The molecule has 2 rings (SSSR count). The van der Waals surface area contributed by atoms with Crippen molar-refractivity contribution in [2.45, 2.75) is 77.6 Å². The third-order valence-corrected chi connectivity index (χ3v) is 4.88. The van der Waals surface area contributed by atoms with E-state index in [9.17, 15) is 19.5 Å². The first-order valence-electron chi connectivity index (χ1n) is 9.71. The van der Waals surface area contributed by atoms with E-state index in [1.807, 2.05) is 0 Å². The van der Waals surface area contributed by atoms with Gasteiger partial charge in [-0.2, -0.15) is 0 Å². The molecule has 0 saturated carbocycles. The zero-order chi connectivity index (χ0) is 18.9. The molecule has 0 amide bonds. The molecule has 0 spiro atoms. The molecule has 1 heterocycles. The predicted octanol–water partition coefficient (Wildman–Crippen LogP) is 5.16. The van der Waals surface area contributed by atoms with Crippen LogP contribution < -0.4 is 0 Å². The smallest absolute Gasteiger partial charge is 0.347 e. The highest BCUT2D eigenvalue weighted by atomic mass is 16.6. The molecule has 26 heavy (non-hydrogen) atoms. The van der Waals surface area contributed by atoms with Crippen molar-refractivity contribution in [3.63, 3.8) is 0 Å². The number of rotatable bonds is 12. The first kappa shape index (κ1) is 20.1. The van der Waals surface area contributed by atoms with Gasteiger partial charge < -0.3 is 9.84 Å². The molecule has 142 valence electrons. The number of ether oxygens (including phenoxy) is 1. The number of benzene rings is 1. The molecule has 1 aliphatic heterocycles. The zero-order valence-electron chi connectivity index (χ0n) is 15.5. The Hall–Kier alpha value is -2.17. The molecule has 0 aromatic heterocycles. The van der Waals surface area contributed by atoms with Crippen molar-refractivity contribution < 1.29 is 24.2 Å². The van der Waals surface area contributed by atoms with Gasteiger partial charge in [0.1, 0.15) is 0 Å². The third kappa shape index (κ3) is 5.41. The SMILES string of the molecule is CCCCCCCCCCCCc1cc(C(=O)O)cc2c1C(=O)OC2=O. The number of unbranched alkanes of at least 4 members (excludes halogenated alkanes) is 9. The van der Waals surface area contributed by atoms with Gasteiger partial charge in [0.25, 0.3) is 0 Å². The topological polar surface area (TPSA) is 80.7 Å². The van der Waals surface area contributed by atoms with E-state index < -0.39 is 17.9 Å². The highest BCUT2D eigenvalue weighted by molar-refractivity contribution is 6.16. The molecule has 0 saturated heterocycles. The van der Waals surface area contributed by atoms with E-state index in [2.05, 4.69) is 11.7 Å². The number of aromatic carboxylic acids is 1. The molecular weight excluding hydrogens is 332 g/mol. The minimum absolute atomic E-state index is 0.0254. The second kappa shape index (κ2) is 10.1. The molecule has 0 unspecified atom stereocenters. The minimum Gasteiger partial charge on any atom is -0.478 e. The highest BCUT2D eigenvalue weighted by Crippen LogP contribution is 2.27. The van der Waals surface area contributed by atoms with E-state index in [1.54, 1.807) is 0 Å². The quantitative estimate of drug-likeness (QED) is 0.316. The Morgan fingerprint density at radius 3 is 2.04 bits per heavy atom.